The Morgan fingerprint density at radius 1 is 1.30 bits per heavy atom. The van der Waals surface area contributed by atoms with Gasteiger partial charge >= 0.3 is 0 Å². The van der Waals surface area contributed by atoms with Crippen LogP contribution in [0.5, 0.6) is 0 Å². The van der Waals surface area contributed by atoms with Crippen molar-refractivity contribution in [3.05, 3.63) is 36.0 Å². The van der Waals surface area contributed by atoms with Gasteiger partial charge in [0.2, 0.25) is 0 Å². The van der Waals surface area contributed by atoms with Gasteiger partial charge in [0, 0.05) is 18.4 Å². The summed E-state index contributed by atoms with van der Waals surface area (Å²) in [4.78, 5) is 11.7. The van der Waals surface area contributed by atoms with Crippen molar-refractivity contribution >= 4 is 21.7 Å². The monoisotopic (exact) mass is 337 g/mol. The van der Waals surface area contributed by atoms with Crippen LogP contribution in [0.1, 0.15) is 26.2 Å². The second kappa shape index (κ2) is 8.92. The molecule has 124 valence electrons. The zero-order valence-corrected chi connectivity index (χ0v) is 13.6. The Morgan fingerprint density at radius 3 is 2.48 bits per heavy atom. The van der Waals surface area contributed by atoms with Crippen molar-refractivity contribution in [3.63, 3.8) is 0 Å². The number of hydrogen-bond acceptors (Lipinski definition) is 5. The number of unbranched alkanes of at least 4 members (excludes halogenated alkanes) is 2. The fourth-order valence-electron chi connectivity index (χ4n) is 1.71. The van der Waals surface area contributed by atoms with Crippen molar-refractivity contribution in [3.8, 4) is 6.07 Å². The summed E-state index contributed by atoms with van der Waals surface area (Å²) in [5.41, 5.74) is 0.231. The Bertz CT molecular complexity index is 703. The average molecular weight is 337 g/mol. The molecule has 0 aliphatic carbocycles. The van der Waals surface area contributed by atoms with E-state index in [1.54, 1.807) is 6.07 Å². The van der Waals surface area contributed by atoms with Crippen LogP contribution in [0.15, 0.2) is 40.9 Å². The van der Waals surface area contributed by atoms with Gasteiger partial charge in [-0.05, 0) is 30.7 Å². The topological polar surface area (TPSA) is 119 Å². The molecule has 0 fully saturated rings. The van der Waals surface area contributed by atoms with E-state index in [9.17, 15) is 13.2 Å². The maximum absolute atomic E-state index is 11.9. The predicted octanol–water partition coefficient (Wildman–Crippen LogP) is 2.06. The van der Waals surface area contributed by atoms with Crippen LogP contribution in [0.2, 0.25) is 0 Å². The lowest BCUT2D eigenvalue weighted by molar-refractivity contribution is -0.112. The van der Waals surface area contributed by atoms with Gasteiger partial charge in [-0.25, -0.2) is 0 Å². The number of nitriles is 1. The molecule has 23 heavy (non-hydrogen) atoms. The van der Waals surface area contributed by atoms with Crippen LogP contribution in [0.4, 0.5) is 5.69 Å². The van der Waals surface area contributed by atoms with Gasteiger partial charge < -0.3 is 10.6 Å². The summed E-state index contributed by atoms with van der Waals surface area (Å²) in [7, 11) is -4.28. The number of benzene rings is 1. The maximum Gasteiger partial charge on any atom is 0.294 e. The summed E-state index contributed by atoms with van der Waals surface area (Å²) >= 11 is 0. The minimum atomic E-state index is -4.28. The summed E-state index contributed by atoms with van der Waals surface area (Å²) in [5.74, 6) is -0.602. The Balaban J connectivity index is 2.66. The molecule has 0 heterocycles. The highest BCUT2D eigenvalue weighted by atomic mass is 32.2. The van der Waals surface area contributed by atoms with E-state index >= 15 is 0 Å². The van der Waals surface area contributed by atoms with Gasteiger partial charge in [-0.15, -0.1) is 0 Å². The van der Waals surface area contributed by atoms with Crippen LogP contribution >= 0.6 is 0 Å². The molecule has 1 amide bonds. The van der Waals surface area contributed by atoms with Crippen molar-refractivity contribution in [2.45, 2.75) is 31.1 Å². The minimum absolute atomic E-state index is 0.0830. The third-order valence-electron chi connectivity index (χ3n) is 2.95. The highest BCUT2D eigenvalue weighted by Crippen LogP contribution is 2.14. The number of hydrogen-bond donors (Lipinski definition) is 3. The van der Waals surface area contributed by atoms with Gasteiger partial charge in [-0.2, -0.15) is 13.7 Å². The molecular formula is C15H19N3O4S. The fraction of sp³-hybridized carbons (Fsp3) is 0.333. The van der Waals surface area contributed by atoms with Crippen molar-refractivity contribution < 1.29 is 17.8 Å². The lowest BCUT2D eigenvalue weighted by Gasteiger charge is -2.06. The lowest BCUT2D eigenvalue weighted by atomic mass is 10.2. The Labute approximate surface area is 135 Å². The van der Waals surface area contributed by atoms with Gasteiger partial charge in [0.05, 0.1) is 4.90 Å². The summed E-state index contributed by atoms with van der Waals surface area (Å²) in [6.45, 7) is 2.76. The zero-order valence-electron chi connectivity index (χ0n) is 12.7. The molecule has 1 aromatic carbocycles. The molecule has 1 aromatic rings. The SMILES string of the molecule is CCCCCN/C=C(/C#N)C(=O)Nc1ccc(S(=O)(=O)O)cc1. The standard InChI is InChI=1S/C15H19N3O4S/c1-2-3-4-9-17-11-12(10-16)15(19)18-13-5-7-14(8-6-13)23(20,21)22/h5-8,11,17H,2-4,9H2,1H3,(H,18,19)(H,20,21,22)/b12-11-. The molecule has 0 aliphatic rings. The molecule has 0 saturated heterocycles. The van der Waals surface area contributed by atoms with Crippen molar-refractivity contribution in [1.82, 2.24) is 5.32 Å². The van der Waals surface area contributed by atoms with Gasteiger partial charge in [0.1, 0.15) is 11.6 Å². The Kier molecular flexibility index (Phi) is 7.25. The number of nitrogens with zero attached hydrogens (tertiary/aromatic N) is 1. The maximum atomic E-state index is 11.9. The number of carbonyl (C=O) groups excluding carboxylic acids is 1. The van der Waals surface area contributed by atoms with E-state index in [0.29, 0.717) is 12.2 Å². The second-order valence-electron chi connectivity index (χ2n) is 4.78. The molecule has 0 aliphatic heterocycles. The lowest BCUT2D eigenvalue weighted by Crippen LogP contribution is -2.17. The predicted molar refractivity (Wildman–Crippen MR) is 86.1 cm³/mol. The smallest absolute Gasteiger partial charge is 0.294 e. The normalized spacial score (nSPS) is 11.6. The second-order valence-corrected chi connectivity index (χ2v) is 6.21. The molecule has 0 bridgehead atoms. The van der Waals surface area contributed by atoms with E-state index in [0.717, 1.165) is 31.4 Å². The minimum Gasteiger partial charge on any atom is -0.390 e. The quantitative estimate of drug-likeness (QED) is 0.289. The Morgan fingerprint density at radius 2 is 1.96 bits per heavy atom. The molecule has 0 radical (unpaired) electrons. The largest absolute Gasteiger partial charge is 0.390 e. The first kappa shape index (κ1) is 18.7. The van der Waals surface area contributed by atoms with Crippen LogP contribution in [0.3, 0.4) is 0 Å². The summed E-state index contributed by atoms with van der Waals surface area (Å²) in [5, 5.41) is 14.4. The molecule has 7 nitrogen and oxygen atoms in total. The van der Waals surface area contributed by atoms with E-state index in [4.69, 9.17) is 9.81 Å². The molecule has 0 aromatic heterocycles. The fourth-order valence-corrected chi connectivity index (χ4v) is 2.19. The first-order valence-electron chi connectivity index (χ1n) is 7.11. The first-order chi connectivity index (χ1) is 10.9. The van der Waals surface area contributed by atoms with Crippen molar-refractivity contribution in [1.29, 1.82) is 5.26 Å². The average Bonchev–Trinajstić information content (AvgIpc) is 2.50. The molecule has 8 heteroatoms. The van der Waals surface area contributed by atoms with Crippen LogP contribution in [-0.4, -0.2) is 25.4 Å². The number of carbonyl (C=O) groups is 1. The van der Waals surface area contributed by atoms with Crippen molar-refractivity contribution in [2.24, 2.45) is 0 Å². The van der Waals surface area contributed by atoms with E-state index in [2.05, 4.69) is 17.6 Å². The molecule has 0 unspecified atom stereocenters. The number of nitrogens with one attached hydrogen (secondary N) is 2. The third kappa shape index (κ3) is 6.50. The summed E-state index contributed by atoms with van der Waals surface area (Å²) in [6.07, 6.45) is 4.45. The van der Waals surface area contributed by atoms with Gasteiger partial charge in [-0.3, -0.25) is 9.35 Å². The molecule has 0 atom stereocenters. The zero-order chi connectivity index (χ0) is 17.3. The molecule has 0 spiro atoms. The van der Waals surface area contributed by atoms with Crippen LogP contribution in [0.25, 0.3) is 0 Å². The molecule has 3 N–H and O–H groups in total. The van der Waals surface area contributed by atoms with E-state index < -0.39 is 16.0 Å². The van der Waals surface area contributed by atoms with Crippen LogP contribution in [-0.2, 0) is 14.9 Å². The first-order valence-corrected chi connectivity index (χ1v) is 8.55. The van der Waals surface area contributed by atoms with E-state index in [-0.39, 0.29) is 10.5 Å². The summed E-state index contributed by atoms with van der Waals surface area (Å²) in [6, 6.07) is 6.76. The Hall–Kier alpha value is -2.37. The number of amides is 1. The highest BCUT2D eigenvalue weighted by Gasteiger charge is 2.11. The van der Waals surface area contributed by atoms with Crippen LogP contribution in [0, 0.1) is 11.3 Å². The van der Waals surface area contributed by atoms with Gasteiger partial charge in [-0.1, -0.05) is 19.8 Å². The van der Waals surface area contributed by atoms with Crippen LogP contribution < -0.4 is 10.6 Å². The van der Waals surface area contributed by atoms with E-state index in [1.165, 1.54) is 18.3 Å². The molecule has 0 saturated carbocycles. The van der Waals surface area contributed by atoms with Gasteiger partial charge in [0.25, 0.3) is 16.0 Å². The van der Waals surface area contributed by atoms with Gasteiger partial charge in [0.15, 0.2) is 0 Å². The third-order valence-corrected chi connectivity index (χ3v) is 3.81. The highest BCUT2D eigenvalue weighted by molar-refractivity contribution is 7.85. The van der Waals surface area contributed by atoms with Crippen molar-refractivity contribution in [2.75, 3.05) is 11.9 Å². The summed E-state index contributed by atoms with van der Waals surface area (Å²) < 4.78 is 30.7. The molecule has 1 rings (SSSR count). The van der Waals surface area contributed by atoms with E-state index in [1.807, 2.05) is 0 Å². The number of rotatable bonds is 8. The molecular weight excluding hydrogens is 318 g/mol. The number of anilines is 1.